The first-order valence-corrected chi connectivity index (χ1v) is 11.0. The molecule has 0 aromatic heterocycles. The topological polar surface area (TPSA) is 122 Å². The molecule has 0 fully saturated rings. The molecule has 0 spiro atoms. The van der Waals surface area contributed by atoms with Crippen LogP contribution in [0.3, 0.4) is 0 Å². The van der Waals surface area contributed by atoms with Crippen molar-refractivity contribution in [1.82, 2.24) is 0 Å². The monoisotopic (exact) mass is 475 g/mol. The molecule has 35 heavy (non-hydrogen) atoms. The van der Waals surface area contributed by atoms with Crippen LogP contribution in [0.25, 0.3) is 0 Å². The highest BCUT2D eigenvalue weighted by atomic mass is 16.5. The fourth-order valence-electron chi connectivity index (χ4n) is 3.19. The molecule has 0 saturated carbocycles. The second kappa shape index (κ2) is 12.6. The molecule has 3 N–H and O–H groups in total. The van der Waals surface area contributed by atoms with Gasteiger partial charge >= 0.3 is 11.9 Å². The maximum atomic E-state index is 12.7. The Kier molecular flexibility index (Phi) is 9.01. The van der Waals surface area contributed by atoms with Gasteiger partial charge in [-0.25, -0.2) is 9.59 Å². The average molecular weight is 475 g/mol. The van der Waals surface area contributed by atoms with Gasteiger partial charge in [0.25, 0.3) is 5.91 Å². The molecule has 0 aliphatic heterocycles. The molecule has 8 nitrogen and oxygen atoms in total. The van der Waals surface area contributed by atoms with Crippen LogP contribution >= 0.6 is 0 Å². The van der Waals surface area contributed by atoms with E-state index < -0.39 is 23.6 Å². The molecule has 0 saturated heterocycles. The number of carbonyl (C=O) groups is 3. The summed E-state index contributed by atoms with van der Waals surface area (Å²) in [4.78, 5) is 34.8. The fraction of sp³-hybridized carbons (Fsp3) is 0.148. The highest BCUT2D eigenvalue weighted by Gasteiger charge is 2.16. The molecule has 0 atom stereocenters. The molecule has 0 unspecified atom stereocenters. The summed E-state index contributed by atoms with van der Waals surface area (Å²) in [5.74, 6) is -3.62. The molecule has 1 amide bonds. The summed E-state index contributed by atoms with van der Waals surface area (Å²) < 4.78 is 11.0. The van der Waals surface area contributed by atoms with Crippen LogP contribution in [0.5, 0.6) is 11.5 Å². The number of hydrogen-bond acceptors (Lipinski definition) is 5. The number of nitrogens with one attached hydrogen (secondary N) is 1. The number of hydrogen-bond donors (Lipinski definition) is 3. The summed E-state index contributed by atoms with van der Waals surface area (Å²) >= 11 is 0. The first-order valence-electron chi connectivity index (χ1n) is 11.0. The first kappa shape index (κ1) is 25.0. The summed E-state index contributed by atoms with van der Waals surface area (Å²) in [6.45, 7) is 0.568. The molecule has 0 bridgehead atoms. The van der Waals surface area contributed by atoms with E-state index in [-0.39, 0.29) is 11.4 Å². The lowest BCUT2D eigenvalue weighted by atomic mass is 10.1. The van der Waals surface area contributed by atoms with Gasteiger partial charge in [0.2, 0.25) is 5.76 Å². The van der Waals surface area contributed by atoms with Gasteiger partial charge in [0.1, 0.15) is 5.75 Å². The van der Waals surface area contributed by atoms with E-state index in [1.165, 1.54) is 17.7 Å². The lowest BCUT2D eigenvalue weighted by molar-refractivity contribution is -0.137. The van der Waals surface area contributed by atoms with E-state index in [0.29, 0.717) is 24.0 Å². The highest BCUT2D eigenvalue weighted by Crippen LogP contribution is 2.26. The summed E-state index contributed by atoms with van der Waals surface area (Å²) in [7, 11) is 0. The van der Waals surface area contributed by atoms with Crippen LogP contribution in [-0.4, -0.2) is 34.7 Å². The molecular formula is C27H25NO7. The van der Waals surface area contributed by atoms with Crippen molar-refractivity contribution in [1.29, 1.82) is 0 Å². The number of aliphatic carboxylic acids is 2. The molecule has 3 rings (SSSR count). The van der Waals surface area contributed by atoms with E-state index in [2.05, 4.69) is 17.4 Å². The van der Waals surface area contributed by atoms with Gasteiger partial charge in [0, 0.05) is 5.56 Å². The zero-order valence-corrected chi connectivity index (χ0v) is 18.8. The predicted octanol–water partition coefficient (Wildman–Crippen LogP) is 4.77. The lowest BCUT2D eigenvalue weighted by Crippen LogP contribution is -2.15. The zero-order valence-electron chi connectivity index (χ0n) is 18.8. The maximum Gasteiger partial charge on any atom is 0.372 e. The van der Waals surface area contributed by atoms with Gasteiger partial charge in [-0.1, -0.05) is 42.5 Å². The SMILES string of the molecule is O=C(O)/C=C(\Oc1ccccc1NC(=O)c1ccc(OCCCCc2ccccc2)cc1)C(=O)O. The van der Waals surface area contributed by atoms with E-state index in [1.54, 1.807) is 36.4 Å². The Hall–Kier alpha value is -4.59. The number of amides is 1. The van der Waals surface area contributed by atoms with Gasteiger partial charge in [-0.05, 0) is 61.2 Å². The number of benzene rings is 3. The van der Waals surface area contributed by atoms with Crippen molar-refractivity contribution in [3.05, 3.63) is 102 Å². The lowest BCUT2D eigenvalue weighted by Gasteiger charge is -2.12. The van der Waals surface area contributed by atoms with Gasteiger partial charge < -0.3 is 25.0 Å². The third-order valence-corrected chi connectivity index (χ3v) is 4.91. The first-order chi connectivity index (χ1) is 16.9. The number of rotatable bonds is 12. The Balaban J connectivity index is 1.54. The minimum atomic E-state index is -1.55. The second-order valence-electron chi connectivity index (χ2n) is 7.52. The largest absolute Gasteiger partial charge is 0.494 e. The quantitative estimate of drug-likeness (QED) is 0.196. The van der Waals surface area contributed by atoms with Gasteiger partial charge in [0.05, 0.1) is 18.4 Å². The normalized spacial score (nSPS) is 10.9. The van der Waals surface area contributed by atoms with Crippen LogP contribution in [0, 0.1) is 0 Å². The Labute approximate surface area is 202 Å². The summed E-state index contributed by atoms with van der Waals surface area (Å²) in [6.07, 6.45) is 3.34. The molecular weight excluding hydrogens is 450 g/mol. The van der Waals surface area contributed by atoms with Crippen molar-refractivity contribution in [3.8, 4) is 11.5 Å². The Bertz CT molecular complexity index is 1190. The van der Waals surface area contributed by atoms with Gasteiger partial charge in [-0.15, -0.1) is 0 Å². The number of carboxylic acid groups (broad SMARTS) is 2. The van der Waals surface area contributed by atoms with Crippen LogP contribution in [0.4, 0.5) is 5.69 Å². The van der Waals surface area contributed by atoms with Crippen molar-refractivity contribution in [2.24, 2.45) is 0 Å². The average Bonchev–Trinajstić information content (AvgIpc) is 2.85. The number of para-hydroxylation sites is 2. The molecule has 8 heteroatoms. The van der Waals surface area contributed by atoms with Crippen LogP contribution < -0.4 is 14.8 Å². The minimum Gasteiger partial charge on any atom is -0.494 e. The predicted molar refractivity (Wildman–Crippen MR) is 130 cm³/mol. The molecule has 0 radical (unpaired) electrons. The summed E-state index contributed by atoms with van der Waals surface area (Å²) in [6, 6.07) is 23.0. The van der Waals surface area contributed by atoms with Crippen LogP contribution in [0.1, 0.15) is 28.8 Å². The van der Waals surface area contributed by atoms with E-state index in [0.717, 1.165) is 19.3 Å². The van der Waals surface area contributed by atoms with E-state index in [4.69, 9.17) is 19.7 Å². The van der Waals surface area contributed by atoms with Gasteiger partial charge in [0.15, 0.2) is 5.75 Å². The molecule has 0 heterocycles. The molecule has 0 aliphatic rings. The number of unbranched alkanes of at least 4 members (excludes halogenated alkanes) is 1. The molecule has 3 aromatic carbocycles. The Morgan fingerprint density at radius 2 is 1.51 bits per heavy atom. The van der Waals surface area contributed by atoms with Crippen molar-refractivity contribution < 1.29 is 34.1 Å². The standard InChI is InChI=1S/C27H25NO7/c29-25(30)18-24(27(32)33)35-23-12-5-4-11-22(23)28-26(31)20-13-15-21(16-14-20)34-17-7-6-10-19-8-2-1-3-9-19/h1-5,8-9,11-16,18H,6-7,10,17H2,(H,28,31)(H,29,30)(H,32,33)/b24-18-. The fourth-order valence-corrected chi connectivity index (χ4v) is 3.19. The zero-order chi connectivity index (χ0) is 25.0. The van der Waals surface area contributed by atoms with Crippen molar-refractivity contribution in [2.75, 3.05) is 11.9 Å². The molecule has 180 valence electrons. The van der Waals surface area contributed by atoms with Crippen LogP contribution in [0.2, 0.25) is 0 Å². The van der Waals surface area contributed by atoms with E-state index >= 15 is 0 Å². The van der Waals surface area contributed by atoms with Crippen molar-refractivity contribution in [2.45, 2.75) is 19.3 Å². The number of carboxylic acids is 2. The minimum absolute atomic E-state index is 0.00814. The number of aryl methyl sites for hydroxylation is 1. The molecule has 3 aromatic rings. The van der Waals surface area contributed by atoms with Crippen molar-refractivity contribution in [3.63, 3.8) is 0 Å². The maximum absolute atomic E-state index is 12.7. The highest BCUT2D eigenvalue weighted by molar-refractivity contribution is 6.05. The number of anilines is 1. The smallest absolute Gasteiger partial charge is 0.372 e. The van der Waals surface area contributed by atoms with E-state index in [1.807, 2.05) is 18.2 Å². The summed E-state index contributed by atoms with van der Waals surface area (Å²) in [5.41, 5.74) is 1.84. The third kappa shape index (κ3) is 8.04. The summed E-state index contributed by atoms with van der Waals surface area (Å²) in [5, 5.41) is 20.6. The molecule has 0 aliphatic carbocycles. The number of carbonyl (C=O) groups excluding carboxylic acids is 1. The van der Waals surface area contributed by atoms with Crippen molar-refractivity contribution >= 4 is 23.5 Å². The second-order valence-corrected chi connectivity index (χ2v) is 7.52. The van der Waals surface area contributed by atoms with Gasteiger partial charge in [-0.3, -0.25) is 4.79 Å². The third-order valence-electron chi connectivity index (χ3n) is 4.91. The Morgan fingerprint density at radius 1 is 0.829 bits per heavy atom. The number of ether oxygens (including phenoxy) is 2. The van der Waals surface area contributed by atoms with Gasteiger partial charge in [-0.2, -0.15) is 0 Å². The Morgan fingerprint density at radius 3 is 2.20 bits per heavy atom. The van der Waals surface area contributed by atoms with E-state index in [9.17, 15) is 14.4 Å². The van der Waals surface area contributed by atoms with Crippen LogP contribution in [-0.2, 0) is 16.0 Å². The van der Waals surface area contributed by atoms with Crippen LogP contribution in [0.15, 0.2) is 90.7 Å².